The zero-order valence-corrected chi connectivity index (χ0v) is 20.9. The van der Waals surface area contributed by atoms with Crippen LogP contribution in [0.3, 0.4) is 0 Å². The van der Waals surface area contributed by atoms with Gasteiger partial charge < -0.3 is 18.6 Å². The van der Waals surface area contributed by atoms with Crippen LogP contribution in [0.4, 0.5) is 0 Å². The van der Waals surface area contributed by atoms with E-state index >= 15 is 0 Å². The van der Waals surface area contributed by atoms with Crippen molar-refractivity contribution in [3.63, 3.8) is 0 Å². The normalized spacial score (nSPS) is 21.5. The Morgan fingerprint density at radius 2 is 1.94 bits per heavy atom. The molecule has 0 unspecified atom stereocenters. The molecule has 0 N–H and O–H groups in total. The van der Waals surface area contributed by atoms with Crippen LogP contribution in [-0.2, 0) is 30.0 Å². The summed E-state index contributed by atoms with van der Waals surface area (Å²) in [6.07, 6.45) is 5.57. The molecule has 1 saturated heterocycles. The van der Waals surface area contributed by atoms with Gasteiger partial charge in [0.05, 0.1) is 32.5 Å². The number of hydrogen-bond acceptors (Lipinski definition) is 5. The summed E-state index contributed by atoms with van der Waals surface area (Å²) in [6.45, 7) is 14.9. The summed E-state index contributed by atoms with van der Waals surface area (Å²) in [5.41, 5.74) is 2.32. The Bertz CT molecular complexity index is 749. The average molecular weight is 447 g/mol. The van der Waals surface area contributed by atoms with Crippen LogP contribution in [0.5, 0.6) is 0 Å². The molecule has 0 bridgehead atoms. The first-order valence-corrected chi connectivity index (χ1v) is 14.0. The van der Waals surface area contributed by atoms with Crippen LogP contribution in [0.15, 0.2) is 54.1 Å². The van der Waals surface area contributed by atoms with Gasteiger partial charge in [-0.05, 0) is 48.7 Å². The zero-order valence-electron chi connectivity index (χ0n) is 19.9. The molecule has 1 fully saturated rings. The molecule has 1 aromatic carbocycles. The molecule has 6 heteroatoms. The quantitative estimate of drug-likeness (QED) is 0.166. The molecule has 172 valence electrons. The molecule has 0 saturated carbocycles. The maximum Gasteiger partial charge on any atom is 0.330 e. The molecule has 5 nitrogen and oxygen atoms in total. The number of ether oxygens (including phenoxy) is 3. The lowest BCUT2D eigenvalue weighted by molar-refractivity contribution is -0.137. The van der Waals surface area contributed by atoms with E-state index in [0.717, 1.165) is 12.0 Å². The van der Waals surface area contributed by atoms with Gasteiger partial charge in [-0.3, -0.25) is 0 Å². The first kappa shape index (κ1) is 25.5. The lowest BCUT2D eigenvalue weighted by Crippen LogP contribution is -2.49. The summed E-state index contributed by atoms with van der Waals surface area (Å²) in [5, 5.41) is 0.0643. The first-order valence-electron chi connectivity index (χ1n) is 11.1. The molecule has 0 radical (unpaired) electrons. The Hall–Kier alpha value is -1.73. The Labute approximate surface area is 188 Å². The zero-order chi connectivity index (χ0) is 22.9. The summed E-state index contributed by atoms with van der Waals surface area (Å²) in [7, 11) is -2.06. The van der Waals surface area contributed by atoms with Gasteiger partial charge in [0.25, 0.3) is 0 Å². The van der Waals surface area contributed by atoms with Gasteiger partial charge in [-0.15, -0.1) is 0 Å². The summed E-state index contributed by atoms with van der Waals surface area (Å²) < 4.78 is 23.7. The minimum atomic E-state index is -2.06. The Kier molecular flexibility index (Phi) is 9.69. The Balaban J connectivity index is 2.15. The molecule has 31 heavy (non-hydrogen) atoms. The van der Waals surface area contributed by atoms with Crippen molar-refractivity contribution in [1.29, 1.82) is 0 Å². The van der Waals surface area contributed by atoms with Crippen molar-refractivity contribution in [2.75, 3.05) is 19.8 Å². The van der Waals surface area contributed by atoms with Crippen LogP contribution in [-0.4, -0.2) is 46.3 Å². The largest absolute Gasteiger partial charge is 0.463 e. The number of esters is 1. The second-order valence-corrected chi connectivity index (χ2v) is 14.0. The van der Waals surface area contributed by atoms with Gasteiger partial charge in [0.1, 0.15) is 6.10 Å². The predicted molar refractivity (Wildman–Crippen MR) is 126 cm³/mol. The predicted octanol–water partition coefficient (Wildman–Crippen LogP) is 5.43. The van der Waals surface area contributed by atoms with Crippen LogP contribution in [0.25, 0.3) is 0 Å². The third-order valence-corrected chi connectivity index (χ3v) is 10.3. The van der Waals surface area contributed by atoms with E-state index in [1.54, 1.807) is 13.0 Å². The first-order chi connectivity index (χ1) is 14.6. The van der Waals surface area contributed by atoms with Crippen molar-refractivity contribution in [3.05, 3.63) is 59.7 Å². The molecule has 1 heterocycles. The number of carbonyl (C=O) groups excluding carboxylic acids is 1. The van der Waals surface area contributed by atoms with Crippen molar-refractivity contribution in [2.24, 2.45) is 0 Å². The molecule has 0 spiro atoms. The highest BCUT2D eigenvalue weighted by molar-refractivity contribution is 6.74. The SMILES string of the molecule is CCOC(=O)/C=C/[C@H]1OCC/C(=C\COCc2ccccc2)[C@@H]1O[Si](C)(C)C(C)(C)C. The third-order valence-electron chi connectivity index (χ3n) is 5.88. The summed E-state index contributed by atoms with van der Waals surface area (Å²) in [6, 6.07) is 10.1. The van der Waals surface area contributed by atoms with E-state index in [9.17, 15) is 4.79 Å². The molecule has 1 aliphatic rings. The topological polar surface area (TPSA) is 54.0 Å². The van der Waals surface area contributed by atoms with Crippen molar-refractivity contribution in [2.45, 2.75) is 71.1 Å². The van der Waals surface area contributed by atoms with E-state index in [-0.39, 0.29) is 23.2 Å². The van der Waals surface area contributed by atoms with E-state index in [1.165, 1.54) is 11.6 Å². The van der Waals surface area contributed by atoms with Crippen molar-refractivity contribution in [3.8, 4) is 0 Å². The molecule has 0 aromatic heterocycles. The van der Waals surface area contributed by atoms with Crippen LogP contribution in [0, 0.1) is 0 Å². The smallest absolute Gasteiger partial charge is 0.330 e. The fourth-order valence-electron chi connectivity index (χ4n) is 3.05. The maximum absolute atomic E-state index is 11.8. The van der Waals surface area contributed by atoms with Gasteiger partial charge in [0.15, 0.2) is 8.32 Å². The highest BCUT2D eigenvalue weighted by Gasteiger charge is 2.42. The van der Waals surface area contributed by atoms with Crippen LogP contribution >= 0.6 is 0 Å². The van der Waals surface area contributed by atoms with Crippen LogP contribution in [0.2, 0.25) is 18.1 Å². The minimum Gasteiger partial charge on any atom is -0.463 e. The van der Waals surface area contributed by atoms with E-state index in [0.29, 0.717) is 26.4 Å². The standard InChI is InChI=1S/C25H38O5Si/c1-7-28-23(26)14-13-22-24(30-31(5,6)25(2,3)4)21(16-18-29-22)15-17-27-19-20-11-9-8-10-12-20/h8-15,22,24H,7,16-19H2,1-6H3/b14-13+,21-15+/t22-,24+/m1/s1. The van der Waals surface area contributed by atoms with Crippen molar-refractivity contribution >= 4 is 14.3 Å². The lowest BCUT2D eigenvalue weighted by atomic mass is 9.98. The van der Waals surface area contributed by atoms with E-state index in [1.807, 2.05) is 18.2 Å². The summed E-state index contributed by atoms with van der Waals surface area (Å²) in [5.74, 6) is -0.362. The molecule has 2 rings (SSSR count). The highest BCUT2D eigenvalue weighted by Crippen LogP contribution is 2.40. The van der Waals surface area contributed by atoms with E-state index < -0.39 is 8.32 Å². The van der Waals surface area contributed by atoms with Crippen LogP contribution < -0.4 is 0 Å². The van der Waals surface area contributed by atoms with Gasteiger partial charge in [0.2, 0.25) is 0 Å². The number of benzene rings is 1. The second kappa shape index (κ2) is 11.8. The second-order valence-electron chi connectivity index (χ2n) is 9.28. The number of rotatable bonds is 9. The molecule has 1 aromatic rings. The average Bonchev–Trinajstić information content (AvgIpc) is 2.71. The van der Waals surface area contributed by atoms with Gasteiger partial charge in [-0.1, -0.05) is 57.2 Å². The van der Waals surface area contributed by atoms with Gasteiger partial charge in [-0.2, -0.15) is 0 Å². The fraction of sp³-hybridized carbons (Fsp3) is 0.560. The van der Waals surface area contributed by atoms with E-state index in [4.69, 9.17) is 18.6 Å². The third kappa shape index (κ3) is 8.03. The number of carbonyl (C=O) groups is 1. The summed E-state index contributed by atoms with van der Waals surface area (Å²) >= 11 is 0. The van der Waals surface area contributed by atoms with Gasteiger partial charge in [-0.25, -0.2) is 4.79 Å². The molecule has 2 atom stereocenters. The minimum absolute atomic E-state index is 0.0643. The van der Waals surface area contributed by atoms with Gasteiger partial charge >= 0.3 is 5.97 Å². The monoisotopic (exact) mass is 446 g/mol. The van der Waals surface area contributed by atoms with E-state index in [2.05, 4.69) is 52.1 Å². The Morgan fingerprint density at radius 3 is 2.58 bits per heavy atom. The lowest BCUT2D eigenvalue weighted by Gasteiger charge is -2.43. The van der Waals surface area contributed by atoms with Crippen molar-refractivity contribution in [1.82, 2.24) is 0 Å². The maximum atomic E-state index is 11.8. The molecule has 0 aliphatic carbocycles. The van der Waals surface area contributed by atoms with Crippen molar-refractivity contribution < 1.29 is 23.4 Å². The molecule has 1 aliphatic heterocycles. The Morgan fingerprint density at radius 1 is 1.23 bits per heavy atom. The highest BCUT2D eigenvalue weighted by atomic mass is 28.4. The molecule has 0 amide bonds. The fourth-order valence-corrected chi connectivity index (χ4v) is 4.32. The number of hydrogen-bond donors (Lipinski definition) is 0. The molecular formula is C25H38O5Si. The van der Waals surface area contributed by atoms with Crippen LogP contribution in [0.1, 0.15) is 39.7 Å². The van der Waals surface area contributed by atoms with Gasteiger partial charge in [0, 0.05) is 6.08 Å². The summed E-state index contributed by atoms with van der Waals surface area (Å²) in [4.78, 5) is 11.8. The molecular weight excluding hydrogens is 408 g/mol.